The average molecular weight is 349 g/mol. The summed E-state index contributed by atoms with van der Waals surface area (Å²) in [6.07, 6.45) is 2.63. The van der Waals surface area contributed by atoms with E-state index >= 15 is 0 Å². The molecule has 0 fully saturated rings. The van der Waals surface area contributed by atoms with E-state index in [1.807, 2.05) is 10.4 Å². The van der Waals surface area contributed by atoms with Crippen molar-refractivity contribution in [2.24, 2.45) is 0 Å². The molecule has 0 amide bonds. The molecule has 0 spiro atoms. The summed E-state index contributed by atoms with van der Waals surface area (Å²) in [7, 11) is -1.87. The van der Waals surface area contributed by atoms with E-state index in [-0.39, 0.29) is 59.7 Å². The number of hydrogen-bond donors (Lipinski definition) is 0. The summed E-state index contributed by atoms with van der Waals surface area (Å²) in [6, 6.07) is 0. The van der Waals surface area contributed by atoms with Gasteiger partial charge in [0.2, 0.25) is 0 Å². The van der Waals surface area contributed by atoms with Gasteiger partial charge in [0.15, 0.2) is 0 Å². The minimum Gasteiger partial charge on any atom is -0.265 e. The average Bonchev–Trinajstić information content (AvgIpc) is 2.84. The molecule has 0 N–H and O–H groups in total. The summed E-state index contributed by atoms with van der Waals surface area (Å²) >= 11 is 0. The van der Waals surface area contributed by atoms with Crippen molar-refractivity contribution in [3.05, 3.63) is 10.4 Å². The maximum absolute atomic E-state index is 2.55. The van der Waals surface area contributed by atoms with Gasteiger partial charge in [0.1, 0.15) is 0 Å². The minimum atomic E-state index is -1.51. The predicted octanol–water partition coefficient (Wildman–Crippen LogP) is 3.62. The Morgan fingerprint density at radius 1 is 0.667 bits per heavy atom. The fourth-order valence-corrected chi connectivity index (χ4v) is 29.3. The standard InChI is InChI=1S/C18H37Si2.K/c1-12-14-15(13-2)19(14)20(16(3,4)5,17(6,7)8)18(9,10)11;/h12-13H2,1-11H3;/q-1;+1. The Morgan fingerprint density at radius 3 is 1.05 bits per heavy atom. The van der Waals surface area contributed by atoms with Gasteiger partial charge in [-0.25, -0.2) is 0 Å². The Hall–Kier alpha value is 1.81. The van der Waals surface area contributed by atoms with Crippen LogP contribution in [0.25, 0.3) is 0 Å². The van der Waals surface area contributed by atoms with Crippen molar-refractivity contribution in [3.63, 3.8) is 0 Å². The van der Waals surface area contributed by atoms with Gasteiger partial charge in [0.05, 0.1) is 0 Å². The van der Waals surface area contributed by atoms with E-state index < -0.39 is 7.59 Å². The second-order valence-corrected chi connectivity index (χ2v) is 21.2. The van der Waals surface area contributed by atoms with E-state index in [2.05, 4.69) is 76.2 Å². The topological polar surface area (TPSA) is 0 Å². The van der Waals surface area contributed by atoms with Gasteiger partial charge >= 0.3 is 51.4 Å². The van der Waals surface area contributed by atoms with Crippen molar-refractivity contribution in [2.45, 2.75) is 104 Å². The molecule has 0 aromatic carbocycles. The fourth-order valence-electron chi connectivity index (χ4n) is 6.00. The van der Waals surface area contributed by atoms with Gasteiger partial charge in [-0.1, -0.05) is 112 Å². The molecule has 0 atom stereocenters. The summed E-state index contributed by atoms with van der Waals surface area (Å²) in [5.41, 5.74) is 0. The first-order valence-corrected chi connectivity index (χ1v) is 12.9. The second kappa shape index (κ2) is 6.97. The summed E-state index contributed by atoms with van der Waals surface area (Å²) < 4.78 is 0. The second-order valence-electron chi connectivity index (χ2n) is 9.54. The zero-order valence-corrected chi connectivity index (χ0v) is 22.0. The van der Waals surface area contributed by atoms with E-state index in [4.69, 9.17) is 0 Å². The molecule has 0 saturated heterocycles. The minimum absolute atomic E-state index is 0. The van der Waals surface area contributed by atoms with Crippen LogP contribution in [0.3, 0.4) is 0 Å². The molecule has 21 heavy (non-hydrogen) atoms. The van der Waals surface area contributed by atoms with Crippen LogP contribution in [0.5, 0.6) is 0 Å². The van der Waals surface area contributed by atoms with Crippen LogP contribution in [0.15, 0.2) is 10.4 Å². The maximum Gasteiger partial charge on any atom is 1.00 e. The molecule has 0 nitrogen and oxygen atoms in total. The molecule has 118 valence electrons. The molecule has 0 saturated carbocycles. The summed E-state index contributed by atoms with van der Waals surface area (Å²) in [5.74, 6) is 0. The molecule has 0 unspecified atom stereocenters. The van der Waals surface area contributed by atoms with Crippen LogP contribution < -0.4 is 51.4 Å². The third-order valence-electron chi connectivity index (χ3n) is 5.36. The molecule has 0 aliphatic carbocycles. The molecule has 0 aromatic rings. The molecule has 1 heterocycles. The molecule has 0 aromatic heterocycles. The SMILES string of the molecule is CCC1=C(CC)[Si-]1[Si](C(C)(C)C)(C(C)(C)C)C(C)(C)C.[K+]. The van der Waals surface area contributed by atoms with Crippen LogP contribution in [0.4, 0.5) is 0 Å². The Labute approximate surface area is 179 Å². The van der Waals surface area contributed by atoms with E-state index in [9.17, 15) is 0 Å². The van der Waals surface area contributed by atoms with Gasteiger partial charge in [-0.3, -0.25) is 18.7 Å². The molecular weight excluding hydrogens is 311 g/mol. The monoisotopic (exact) mass is 348 g/mol. The Balaban J connectivity index is 0.00000400. The van der Waals surface area contributed by atoms with Crippen LogP contribution >= 0.6 is 0 Å². The molecule has 0 bridgehead atoms. The van der Waals surface area contributed by atoms with Crippen LogP contribution in [-0.4, -0.2) is 15.9 Å². The van der Waals surface area contributed by atoms with Crippen molar-refractivity contribution in [1.29, 1.82) is 0 Å². The van der Waals surface area contributed by atoms with Gasteiger partial charge < -0.3 is 0 Å². The van der Waals surface area contributed by atoms with Gasteiger partial charge in [-0.2, -0.15) is 0 Å². The summed E-state index contributed by atoms with van der Waals surface area (Å²) in [4.78, 5) is 0. The third kappa shape index (κ3) is 3.59. The molecule has 3 heteroatoms. The Morgan fingerprint density at radius 2 is 0.905 bits per heavy atom. The quantitative estimate of drug-likeness (QED) is 0.683. The predicted molar refractivity (Wildman–Crippen MR) is 98.3 cm³/mol. The van der Waals surface area contributed by atoms with E-state index in [0.717, 1.165) is 0 Å². The number of rotatable bonds is 3. The molecule has 1 aliphatic heterocycles. The molecular formula is C18H37KSi2. The van der Waals surface area contributed by atoms with Gasteiger partial charge in [0.25, 0.3) is 0 Å². The smallest absolute Gasteiger partial charge is 0.265 e. The largest absolute Gasteiger partial charge is 1.00 e. The normalized spacial score (nSPS) is 17.0. The zero-order chi connectivity index (χ0) is 16.1. The van der Waals surface area contributed by atoms with Crippen molar-refractivity contribution < 1.29 is 51.4 Å². The van der Waals surface area contributed by atoms with Gasteiger partial charge in [-0.15, -0.1) is 0 Å². The van der Waals surface area contributed by atoms with Crippen LogP contribution in [0.1, 0.15) is 89.0 Å². The Bertz CT molecular complexity index is 352. The molecule has 1 aliphatic rings. The number of allylic oxidation sites excluding steroid dienone is 2. The van der Waals surface area contributed by atoms with Gasteiger partial charge in [0, 0.05) is 0 Å². The van der Waals surface area contributed by atoms with E-state index in [1.165, 1.54) is 12.8 Å². The van der Waals surface area contributed by atoms with E-state index in [0.29, 0.717) is 15.1 Å². The first-order valence-electron chi connectivity index (χ1n) is 8.37. The third-order valence-corrected chi connectivity index (χ3v) is 25.9. The zero-order valence-electron chi connectivity index (χ0n) is 16.9. The van der Waals surface area contributed by atoms with Gasteiger partial charge in [-0.05, 0) is 0 Å². The molecule has 1 rings (SSSR count). The first kappa shape index (κ1) is 22.8. The fraction of sp³-hybridized carbons (Fsp3) is 0.889. The van der Waals surface area contributed by atoms with Crippen molar-refractivity contribution in [3.8, 4) is 0 Å². The van der Waals surface area contributed by atoms with E-state index in [1.54, 1.807) is 0 Å². The van der Waals surface area contributed by atoms with Crippen molar-refractivity contribution in [1.82, 2.24) is 0 Å². The van der Waals surface area contributed by atoms with Crippen LogP contribution in [0, 0.1) is 0 Å². The molecule has 0 radical (unpaired) electrons. The summed E-state index contributed by atoms with van der Waals surface area (Å²) in [6.45, 7) is 27.7. The van der Waals surface area contributed by atoms with Crippen molar-refractivity contribution in [2.75, 3.05) is 0 Å². The van der Waals surface area contributed by atoms with Crippen LogP contribution in [-0.2, 0) is 0 Å². The maximum atomic E-state index is 2.55. The number of hydrogen-bond acceptors (Lipinski definition) is 0. The van der Waals surface area contributed by atoms with Crippen LogP contribution in [0.2, 0.25) is 15.1 Å². The summed E-state index contributed by atoms with van der Waals surface area (Å²) in [5, 5.41) is 5.24. The Kier molecular flexibility index (Phi) is 7.57. The van der Waals surface area contributed by atoms with Crippen molar-refractivity contribution >= 4 is 15.9 Å². The first-order chi connectivity index (χ1) is 8.77.